The first-order valence-electron chi connectivity index (χ1n) is 9.95. The van der Waals surface area contributed by atoms with Crippen molar-refractivity contribution in [2.45, 2.75) is 16.7 Å². The van der Waals surface area contributed by atoms with Crippen LogP contribution in [0.1, 0.15) is 16.4 Å². The standard InChI is InChI=1S/C24H22N4O3S/c1-2-23(21-6-3-7-22-20(21)12-14-26-22)32(30,31)19-10-8-18(9-11-19)28-24(29)27-16-17-5-4-13-25-15-17/h2-15,23,26H,1,16H2,(H2,27,28,29). The smallest absolute Gasteiger partial charge is 0.319 e. The van der Waals surface area contributed by atoms with Crippen LogP contribution in [-0.4, -0.2) is 24.4 Å². The van der Waals surface area contributed by atoms with E-state index in [0.29, 0.717) is 17.8 Å². The van der Waals surface area contributed by atoms with Gasteiger partial charge in [0.1, 0.15) is 5.25 Å². The molecule has 2 aromatic carbocycles. The lowest BCUT2D eigenvalue weighted by Gasteiger charge is -2.16. The summed E-state index contributed by atoms with van der Waals surface area (Å²) in [6, 6.07) is 16.7. The maximum absolute atomic E-state index is 13.3. The van der Waals surface area contributed by atoms with Crippen LogP contribution < -0.4 is 10.6 Å². The second kappa shape index (κ2) is 9.07. The van der Waals surface area contributed by atoms with E-state index in [9.17, 15) is 13.2 Å². The molecule has 32 heavy (non-hydrogen) atoms. The topological polar surface area (TPSA) is 104 Å². The fourth-order valence-corrected chi connectivity index (χ4v) is 5.12. The van der Waals surface area contributed by atoms with Crippen molar-refractivity contribution in [3.8, 4) is 0 Å². The Morgan fingerprint density at radius 2 is 1.91 bits per heavy atom. The van der Waals surface area contributed by atoms with Gasteiger partial charge >= 0.3 is 6.03 Å². The minimum Gasteiger partial charge on any atom is -0.361 e. The second-order valence-electron chi connectivity index (χ2n) is 7.18. The number of hydrogen-bond acceptors (Lipinski definition) is 4. The first kappa shape index (κ1) is 21.3. The largest absolute Gasteiger partial charge is 0.361 e. The molecule has 0 radical (unpaired) electrons. The van der Waals surface area contributed by atoms with E-state index in [-0.39, 0.29) is 4.90 Å². The molecule has 4 aromatic rings. The molecular weight excluding hydrogens is 424 g/mol. The normalized spacial score (nSPS) is 12.2. The maximum atomic E-state index is 13.3. The number of anilines is 1. The van der Waals surface area contributed by atoms with Gasteiger partial charge in [-0.2, -0.15) is 0 Å². The molecule has 0 saturated carbocycles. The molecule has 1 unspecified atom stereocenters. The van der Waals surface area contributed by atoms with Crippen LogP contribution >= 0.6 is 0 Å². The highest BCUT2D eigenvalue weighted by molar-refractivity contribution is 7.91. The number of rotatable bonds is 7. The van der Waals surface area contributed by atoms with Crippen molar-refractivity contribution >= 4 is 32.5 Å². The number of carbonyl (C=O) groups is 1. The van der Waals surface area contributed by atoms with Crippen molar-refractivity contribution in [2.75, 3.05) is 5.32 Å². The molecule has 1 atom stereocenters. The van der Waals surface area contributed by atoms with Gasteiger partial charge in [0.05, 0.1) is 4.90 Å². The Morgan fingerprint density at radius 3 is 2.62 bits per heavy atom. The molecule has 0 aliphatic carbocycles. The maximum Gasteiger partial charge on any atom is 0.319 e. The zero-order chi connectivity index (χ0) is 22.6. The van der Waals surface area contributed by atoms with E-state index in [1.807, 2.05) is 24.3 Å². The summed E-state index contributed by atoms with van der Waals surface area (Å²) in [5.41, 5.74) is 2.88. The molecule has 7 nitrogen and oxygen atoms in total. The molecule has 0 aliphatic heterocycles. The van der Waals surface area contributed by atoms with Crippen LogP contribution in [0, 0.1) is 0 Å². The van der Waals surface area contributed by atoms with Gasteiger partial charge in [-0.1, -0.05) is 24.3 Å². The lowest BCUT2D eigenvalue weighted by Crippen LogP contribution is -2.28. The van der Waals surface area contributed by atoms with E-state index in [2.05, 4.69) is 27.2 Å². The fourth-order valence-electron chi connectivity index (χ4n) is 3.51. The molecule has 0 spiro atoms. The molecule has 3 N–H and O–H groups in total. The van der Waals surface area contributed by atoms with E-state index in [1.54, 1.807) is 42.9 Å². The van der Waals surface area contributed by atoms with E-state index >= 15 is 0 Å². The molecule has 2 amide bonds. The van der Waals surface area contributed by atoms with Crippen LogP contribution in [0.25, 0.3) is 10.9 Å². The number of aromatic amines is 1. The number of H-pyrrole nitrogens is 1. The van der Waals surface area contributed by atoms with Crippen LogP contribution in [-0.2, 0) is 16.4 Å². The van der Waals surface area contributed by atoms with Crippen LogP contribution in [0.5, 0.6) is 0 Å². The number of benzene rings is 2. The Balaban J connectivity index is 1.49. The number of fused-ring (bicyclic) bond motifs is 1. The third kappa shape index (κ3) is 4.40. The molecule has 4 rings (SSSR count). The second-order valence-corrected chi connectivity index (χ2v) is 9.25. The van der Waals surface area contributed by atoms with Gasteiger partial charge in [0.2, 0.25) is 0 Å². The van der Waals surface area contributed by atoms with Crippen molar-refractivity contribution in [3.63, 3.8) is 0 Å². The SMILES string of the molecule is C=CC(c1cccc2[nH]ccc12)S(=O)(=O)c1ccc(NC(=O)NCc2cccnc2)cc1. The van der Waals surface area contributed by atoms with Crippen molar-refractivity contribution < 1.29 is 13.2 Å². The molecule has 0 saturated heterocycles. The highest BCUT2D eigenvalue weighted by Crippen LogP contribution is 2.34. The third-order valence-electron chi connectivity index (χ3n) is 5.10. The third-order valence-corrected chi connectivity index (χ3v) is 7.14. The molecule has 2 aromatic heterocycles. The zero-order valence-electron chi connectivity index (χ0n) is 17.2. The van der Waals surface area contributed by atoms with E-state index in [4.69, 9.17) is 0 Å². The minimum absolute atomic E-state index is 0.149. The van der Waals surface area contributed by atoms with Gasteiger partial charge in [-0.05, 0) is 53.6 Å². The Kier molecular flexibility index (Phi) is 6.04. The van der Waals surface area contributed by atoms with Crippen LogP contribution in [0.2, 0.25) is 0 Å². The summed E-state index contributed by atoms with van der Waals surface area (Å²) in [6.45, 7) is 4.09. The number of amides is 2. The Hall–Kier alpha value is -3.91. The van der Waals surface area contributed by atoms with Gasteiger partial charge in [-0.3, -0.25) is 4.98 Å². The number of pyridine rings is 1. The minimum atomic E-state index is -3.73. The van der Waals surface area contributed by atoms with Gasteiger partial charge in [0.25, 0.3) is 0 Å². The lowest BCUT2D eigenvalue weighted by molar-refractivity contribution is 0.251. The molecule has 0 bridgehead atoms. The molecule has 0 fully saturated rings. The first-order chi connectivity index (χ1) is 15.5. The Labute approximate surface area is 186 Å². The zero-order valence-corrected chi connectivity index (χ0v) is 18.0. The van der Waals surface area contributed by atoms with Crippen molar-refractivity contribution in [1.82, 2.24) is 15.3 Å². The highest BCUT2D eigenvalue weighted by atomic mass is 32.2. The van der Waals surface area contributed by atoms with E-state index in [0.717, 1.165) is 16.5 Å². The highest BCUT2D eigenvalue weighted by Gasteiger charge is 2.28. The van der Waals surface area contributed by atoms with Crippen molar-refractivity contribution in [1.29, 1.82) is 0 Å². The summed E-state index contributed by atoms with van der Waals surface area (Å²) in [5.74, 6) is 0. The van der Waals surface area contributed by atoms with Gasteiger partial charge in [-0.15, -0.1) is 6.58 Å². The van der Waals surface area contributed by atoms with E-state index in [1.165, 1.54) is 18.2 Å². The number of urea groups is 1. The Morgan fingerprint density at radius 1 is 1.09 bits per heavy atom. The fraction of sp³-hybridized carbons (Fsp3) is 0.0833. The summed E-state index contributed by atoms with van der Waals surface area (Å²) in [5, 5.41) is 5.37. The predicted molar refractivity (Wildman–Crippen MR) is 125 cm³/mol. The molecule has 8 heteroatoms. The quantitative estimate of drug-likeness (QED) is 0.361. The van der Waals surface area contributed by atoms with Crippen molar-refractivity contribution in [2.24, 2.45) is 0 Å². The van der Waals surface area contributed by atoms with Gasteiger partial charge in [-0.25, -0.2) is 13.2 Å². The van der Waals surface area contributed by atoms with Crippen molar-refractivity contribution in [3.05, 3.63) is 103 Å². The average Bonchev–Trinajstić information content (AvgIpc) is 3.29. The average molecular weight is 447 g/mol. The molecule has 162 valence electrons. The monoisotopic (exact) mass is 446 g/mol. The molecule has 2 heterocycles. The van der Waals surface area contributed by atoms with Gasteiger partial charge in [0, 0.05) is 41.7 Å². The van der Waals surface area contributed by atoms with Gasteiger partial charge in [0.15, 0.2) is 9.84 Å². The summed E-state index contributed by atoms with van der Waals surface area (Å²) in [4.78, 5) is 19.4. The number of nitrogens with one attached hydrogen (secondary N) is 3. The summed E-state index contributed by atoms with van der Waals surface area (Å²) in [6.07, 6.45) is 6.55. The number of sulfone groups is 1. The molecular formula is C24H22N4O3S. The number of nitrogens with zero attached hydrogens (tertiary/aromatic N) is 1. The predicted octanol–water partition coefficient (Wildman–Crippen LogP) is 4.59. The van der Waals surface area contributed by atoms with Crippen LogP contribution in [0.3, 0.4) is 0 Å². The lowest BCUT2D eigenvalue weighted by atomic mass is 10.1. The molecule has 0 aliphatic rings. The van der Waals surface area contributed by atoms with E-state index < -0.39 is 21.1 Å². The Bertz CT molecular complexity index is 1350. The van der Waals surface area contributed by atoms with Crippen LogP contribution in [0.4, 0.5) is 10.5 Å². The number of aromatic nitrogens is 2. The number of carbonyl (C=O) groups excluding carboxylic acids is 1. The summed E-state index contributed by atoms with van der Waals surface area (Å²) < 4.78 is 26.7. The first-order valence-corrected chi connectivity index (χ1v) is 11.5. The summed E-state index contributed by atoms with van der Waals surface area (Å²) >= 11 is 0. The summed E-state index contributed by atoms with van der Waals surface area (Å²) in [7, 11) is -3.73. The van der Waals surface area contributed by atoms with Gasteiger partial charge < -0.3 is 15.6 Å². The number of hydrogen-bond donors (Lipinski definition) is 3. The van der Waals surface area contributed by atoms with Crippen LogP contribution in [0.15, 0.2) is 96.8 Å².